The van der Waals surface area contributed by atoms with E-state index in [-0.39, 0.29) is 23.9 Å². The molecule has 2 saturated carbocycles. The monoisotopic (exact) mass is 352 g/mol. The van der Waals surface area contributed by atoms with E-state index in [1.165, 1.54) is 0 Å². The number of aliphatic hydroxyl groups is 1. The van der Waals surface area contributed by atoms with Crippen LogP contribution in [0.3, 0.4) is 0 Å². The Morgan fingerprint density at radius 3 is 2.04 bits per heavy atom. The van der Waals surface area contributed by atoms with E-state index < -0.39 is 5.60 Å². The third kappa shape index (κ3) is 3.35. The molecular formula is C20H34NO4+. The van der Waals surface area contributed by atoms with Crippen LogP contribution in [0, 0.1) is 11.8 Å². The third-order valence-corrected chi connectivity index (χ3v) is 7.49. The van der Waals surface area contributed by atoms with E-state index in [9.17, 15) is 9.90 Å². The number of morpholine rings is 1. The first-order chi connectivity index (χ1) is 12.1. The van der Waals surface area contributed by atoms with Crippen LogP contribution >= 0.6 is 0 Å². The topological polar surface area (TPSA) is 55.8 Å². The highest BCUT2D eigenvalue weighted by atomic mass is 16.6. The van der Waals surface area contributed by atoms with Crippen LogP contribution < -0.4 is 0 Å². The second-order valence-electron chi connectivity index (χ2n) is 8.91. The SMILES string of the molecule is O=C(OC1CC[N+]2(CCOCC2)C1)C(O)(C1CCCC1)C1CCCC1. The molecule has 0 aromatic heterocycles. The second kappa shape index (κ2) is 7.16. The van der Waals surface area contributed by atoms with Gasteiger partial charge in [-0.2, -0.15) is 0 Å². The average molecular weight is 352 g/mol. The van der Waals surface area contributed by atoms with Gasteiger partial charge in [-0.1, -0.05) is 25.7 Å². The van der Waals surface area contributed by atoms with Crippen LogP contribution in [-0.4, -0.2) is 66.7 Å². The Bertz CT molecular complexity index is 460. The molecule has 4 rings (SSSR count). The molecule has 0 radical (unpaired) electrons. The molecule has 1 unspecified atom stereocenters. The van der Waals surface area contributed by atoms with E-state index in [1.807, 2.05) is 0 Å². The Balaban J connectivity index is 1.44. The summed E-state index contributed by atoms with van der Waals surface area (Å²) in [5.74, 6) is -0.0864. The van der Waals surface area contributed by atoms with Crippen molar-refractivity contribution in [2.75, 3.05) is 39.4 Å². The van der Waals surface area contributed by atoms with Crippen LogP contribution in [0.2, 0.25) is 0 Å². The van der Waals surface area contributed by atoms with E-state index in [0.717, 1.165) is 102 Å². The fraction of sp³-hybridized carbons (Fsp3) is 0.950. The number of carbonyl (C=O) groups excluding carboxylic acids is 1. The number of hydrogen-bond acceptors (Lipinski definition) is 4. The fourth-order valence-electron chi connectivity index (χ4n) is 5.91. The predicted octanol–water partition coefficient (Wildman–Crippen LogP) is 2.26. The van der Waals surface area contributed by atoms with Crippen molar-refractivity contribution in [1.29, 1.82) is 0 Å². The summed E-state index contributed by atoms with van der Waals surface area (Å²) < 4.78 is 12.5. The van der Waals surface area contributed by atoms with E-state index in [4.69, 9.17) is 9.47 Å². The highest BCUT2D eigenvalue weighted by Gasteiger charge is 2.54. The number of hydrogen-bond donors (Lipinski definition) is 1. The maximum atomic E-state index is 13.2. The zero-order valence-electron chi connectivity index (χ0n) is 15.5. The molecule has 5 heteroatoms. The van der Waals surface area contributed by atoms with Crippen molar-refractivity contribution < 1.29 is 23.9 Å². The Labute approximate surface area is 151 Å². The van der Waals surface area contributed by atoms with E-state index in [0.29, 0.717) is 0 Å². The van der Waals surface area contributed by atoms with Crippen LogP contribution in [0.5, 0.6) is 0 Å². The van der Waals surface area contributed by atoms with Gasteiger partial charge in [0.15, 0.2) is 11.7 Å². The molecule has 2 saturated heterocycles. The van der Waals surface area contributed by atoms with Crippen molar-refractivity contribution in [3.8, 4) is 0 Å². The van der Waals surface area contributed by atoms with Crippen molar-refractivity contribution in [2.45, 2.75) is 69.5 Å². The number of ether oxygens (including phenoxy) is 2. The van der Waals surface area contributed by atoms with Gasteiger partial charge in [-0.05, 0) is 37.5 Å². The molecule has 4 fully saturated rings. The quantitative estimate of drug-likeness (QED) is 0.623. The summed E-state index contributed by atoms with van der Waals surface area (Å²) in [5.41, 5.74) is -1.23. The number of esters is 1. The van der Waals surface area contributed by atoms with Gasteiger partial charge in [-0.3, -0.25) is 0 Å². The van der Waals surface area contributed by atoms with Crippen molar-refractivity contribution in [3.63, 3.8) is 0 Å². The maximum Gasteiger partial charge on any atom is 0.339 e. The van der Waals surface area contributed by atoms with Gasteiger partial charge in [0.25, 0.3) is 0 Å². The normalized spacial score (nSPS) is 31.0. The Hall–Kier alpha value is -0.650. The summed E-state index contributed by atoms with van der Waals surface area (Å²) >= 11 is 0. The first-order valence-corrected chi connectivity index (χ1v) is 10.5. The van der Waals surface area contributed by atoms with Crippen LogP contribution in [0.25, 0.3) is 0 Å². The van der Waals surface area contributed by atoms with Gasteiger partial charge in [-0.25, -0.2) is 4.79 Å². The molecule has 4 aliphatic rings. The Kier molecular flexibility index (Phi) is 5.09. The summed E-state index contributed by atoms with van der Waals surface area (Å²) in [4.78, 5) is 13.2. The van der Waals surface area contributed by atoms with Gasteiger partial charge in [0.1, 0.15) is 19.6 Å². The minimum Gasteiger partial charge on any atom is -0.454 e. The number of rotatable bonds is 4. The third-order valence-electron chi connectivity index (χ3n) is 7.49. The highest BCUT2D eigenvalue weighted by molar-refractivity contribution is 5.80. The number of carbonyl (C=O) groups is 1. The lowest BCUT2D eigenvalue weighted by molar-refractivity contribution is -0.925. The Morgan fingerprint density at radius 2 is 1.48 bits per heavy atom. The summed E-state index contributed by atoms with van der Waals surface area (Å²) in [6, 6.07) is 0. The molecule has 0 aromatic rings. The molecule has 25 heavy (non-hydrogen) atoms. The second-order valence-corrected chi connectivity index (χ2v) is 8.91. The molecule has 0 bridgehead atoms. The summed E-state index contributed by atoms with van der Waals surface area (Å²) in [5, 5.41) is 11.5. The van der Waals surface area contributed by atoms with E-state index >= 15 is 0 Å². The fourth-order valence-corrected chi connectivity index (χ4v) is 5.91. The number of quaternary nitrogens is 1. The first-order valence-electron chi connectivity index (χ1n) is 10.5. The minimum atomic E-state index is -1.23. The molecule has 5 nitrogen and oxygen atoms in total. The molecule has 2 aliphatic heterocycles. The molecule has 1 atom stereocenters. The van der Waals surface area contributed by atoms with Gasteiger partial charge in [0, 0.05) is 6.42 Å². The van der Waals surface area contributed by atoms with Crippen LogP contribution in [0.1, 0.15) is 57.8 Å². The summed E-state index contributed by atoms with van der Waals surface area (Å²) in [6.45, 7) is 5.67. The smallest absolute Gasteiger partial charge is 0.339 e. The van der Waals surface area contributed by atoms with Gasteiger partial charge in [-0.15, -0.1) is 0 Å². The standard InChI is InChI=1S/C20H34NO4/c22-19(25-18-9-10-21(15-18)11-13-24-14-12-21)20(23,16-5-1-2-6-16)17-7-3-4-8-17/h16-18,23H,1-15H2/q+1. The molecule has 2 heterocycles. The zero-order valence-corrected chi connectivity index (χ0v) is 15.5. The van der Waals surface area contributed by atoms with Crippen molar-refractivity contribution in [1.82, 2.24) is 0 Å². The lowest BCUT2D eigenvalue weighted by Crippen LogP contribution is -2.55. The Morgan fingerprint density at radius 1 is 0.920 bits per heavy atom. The lowest BCUT2D eigenvalue weighted by Gasteiger charge is -2.39. The van der Waals surface area contributed by atoms with Crippen molar-refractivity contribution in [2.24, 2.45) is 11.8 Å². The van der Waals surface area contributed by atoms with E-state index in [1.54, 1.807) is 0 Å². The minimum absolute atomic E-state index is 0.0278. The van der Waals surface area contributed by atoms with Gasteiger partial charge >= 0.3 is 5.97 Å². The molecule has 1 spiro atoms. The first kappa shape index (κ1) is 17.7. The lowest BCUT2D eigenvalue weighted by atomic mass is 9.75. The number of nitrogens with zero attached hydrogens (tertiary/aromatic N) is 1. The molecule has 142 valence electrons. The molecule has 1 N–H and O–H groups in total. The summed E-state index contributed by atoms with van der Waals surface area (Å²) in [7, 11) is 0. The molecule has 0 amide bonds. The van der Waals surface area contributed by atoms with E-state index in [2.05, 4.69) is 0 Å². The van der Waals surface area contributed by atoms with Crippen LogP contribution in [0.4, 0.5) is 0 Å². The van der Waals surface area contributed by atoms with Crippen molar-refractivity contribution >= 4 is 5.97 Å². The van der Waals surface area contributed by atoms with Gasteiger partial charge in [0.05, 0.1) is 19.8 Å². The largest absolute Gasteiger partial charge is 0.454 e. The molecule has 0 aromatic carbocycles. The zero-order chi connectivity index (χ0) is 17.3. The molecular weight excluding hydrogens is 318 g/mol. The van der Waals surface area contributed by atoms with Crippen LogP contribution in [0.15, 0.2) is 0 Å². The van der Waals surface area contributed by atoms with Crippen LogP contribution in [-0.2, 0) is 14.3 Å². The van der Waals surface area contributed by atoms with Gasteiger partial charge < -0.3 is 19.1 Å². The van der Waals surface area contributed by atoms with Gasteiger partial charge in [0.2, 0.25) is 0 Å². The average Bonchev–Trinajstić information content (AvgIpc) is 3.38. The summed E-state index contributed by atoms with van der Waals surface area (Å²) in [6.07, 6.45) is 9.35. The predicted molar refractivity (Wildman–Crippen MR) is 93.9 cm³/mol. The van der Waals surface area contributed by atoms with Crippen molar-refractivity contribution in [3.05, 3.63) is 0 Å². The highest BCUT2D eigenvalue weighted by Crippen LogP contribution is 2.45. The molecule has 2 aliphatic carbocycles. The maximum absolute atomic E-state index is 13.2.